The summed E-state index contributed by atoms with van der Waals surface area (Å²) >= 11 is 1.53. The molecular weight excluding hydrogens is 330 g/mol. The number of hydrogen-bond acceptors (Lipinski definition) is 6. The van der Waals surface area contributed by atoms with E-state index in [1.807, 2.05) is 12.4 Å². The van der Waals surface area contributed by atoms with Gasteiger partial charge in [-0.2, -0.15) is 0 Å². The van der Waals surface area contributed by atoms with E-state index in [-0.39, 0.29) is 12.4 Å². The Morgan fingerprint density at radius 2 is 2.00 bits per heavy atom. The van der Waals surface area contributed by atoms with E-state index in [0.29, 0.717) is 5.13 Å². The van der Waals surface area contributed by atoms with Crippen molar-refractivity contribution in [2.45, 2.75) is 32.9 Å². The molecule has 0 radical (unpaired) electrons. The molecule has 2 aromatic rings. The van der Waals surface area contributed by atoms with Crippen LogP contribution in [0.3, 0.4) is 0 Å². The van der Waals surface area contributed by atoms with Gasteiger partial charge in [-0.1, -0.05) is 13.0 Å². The van der Waals surface area contributed by atoms with Gasteiger partial charge in [0.05, 0.1) is 0 Å². The van der Waals surface area contributed by atoms with Crippen LogP contribution in [0.15, 0.2) is 24.5 Å². The van der Waals surface area contributed by atoms with Gasteiger partial charge in [-0.3, -0.25) is 0 Å². The van der Waals surface area contributed by atoms with Crippen molar-refractivity contribution in [2.75, 3.05) is 23.7 Å². The molecule has 126 valence electrons. The fraction of sp³-hybridized carbons (Fsp3) is 0.500. The molecule has 1 aliphatic rings. The fourth-order valence-corrected chi connectivity index (χ4v) is 3.33. The molecule has 0 spiro atoms. The number of nitrogens with two attached hydrogens (primary N) is 1. The van der Waals surface area contributed by atoms with Gasteiger partial charge in [0.25, 0.3) is 0 Å². The van der Waals surface area contributed by atoms with Gasteiger partial charge in [-0.15, -0.1) is 23.7 Å². The molecular formula is C16H24ClN5S. The quantitative estimate of drug-likeness (QED) is 0.864. The lowest BCUT2D eigenvalue weighted by Gasteiger charge is -2.31. The second-order valence-corrected chi connectivity index (χ2v) is 7.11. The molecule has 1 aliphatic heterocycles. The lowest BCUT2D eigenvalue weighted by molar-refractivity contribution is 0.436. The summed E-state index contributed by atoms with van der Waals surface area (Å²) in [6.45, 7) is 6.18. The predicted octanol–water partition coefficient (Wildman–Crippen LogP) is 3.07. The van der Waals surface area contributed by atoms with E-state index in [0.717, 1.165) is 42.8 Å². The van der Waals surface area contributed by atoms with E-state index in [1.165, 1.54) is 29.7 Å². The summed E-state index contributed by atoms with van der Waals surface area (Å²) < 4.78 is 0. The first-order valence-electron chi connectivity index (χ1n) is 7.81. The van der Waals surface area contributed by atoms with Gasteiger partial charge in [-0.25, -0.2) is 9.97 Å². The predicted molar refractivity (Wildman–Crippen MR) is 99.2 cm³/mol. The Bertz CT molecular complexity index is 593. The SMILES string of the molecule is CC1CCN(c2ccc(CNCc3cnc(N)s3)cn2)CC1.Cl. The largest absolute Gasteiger partial charge is 0.375 e. The maximum Gasteiger partial charge on any atom is 0.180 e. The first kappa shape index (κ1) is 18.0. The first-order chi connectivity index (χ1) is 10.7. The van der Waals surface area contributed by atoms with Gasteiger partial charge >= 0.3 is 0 Å². The number of halogens is 1. The summed E-state index contributed by atoms with van der Waals surface area (Å²) in [5.74, 6) is 1.95. The molecule has 0 aromatic carbocycles. The van der Waals surface area contributed by atoms with E-state index in [4.69, 9.17) is 5.73 Å². The molecule has 0 amide bonds. The van der Waals surface area contributed by atoms with E-state index in [1.54, 1.807) is 0 Å². The molecule has 7 heteroatoms. The van der Waals surface area contributed by atoms with Crippen LogP contribution in [0.1, 0.15) is 30.2 Å². The van der Waals surface area contributed by atoms with Crippen molar-refractivity contribution >= 4 is 34.7 Å². The highest BCUT2D eigenvalue weighted by Gasteiger charge is 2.16. The third-order valence-corrected chi connectivity index (χ3v) is 4.94. The van der Waals surface area contributed by atoms with Crippen molar-refractivity contribution in [1.82, 2.24) is 15.3 Å². The number of aromatic nitrogens is 2. The second-order valence-electron chi connectivity index (χ2n) is 5.96. The Balaban J connectivity index is 0.00000192. The number of nitrogen functional groups attached to an aromatic ring is 1. The average Bonchev–Trinajstić information content (AvgIpc) is 2.94. The van der Waals surface area contributed by atoms with Crippen molar-refractivity contribution in [1.29, 1.82) is 0 Å². The van der Waals surface area contributed by atoms with Crippen molar-refractivity contribution in [3.8, 4) is 0 Å². The van der Waals surface area contributed by atoms with Gasteiger partial charge in [0, 0.05) is 43.4 Å². The third kappa shape index (κ3) is 5.06. The number of rotatable bonds is 5. The topological polar surface area (TPSA) is 67.1 Å². The molecule has 3 N–H and O–H groups in total. The van der Waals surface area contributed by atoms with Crippen LogP contribution in [0, 0.1) is 5.92 Å². The normalized spacial score (nSPS) is 15.4. The zero-order valence-electron chi connectivity index (χ0n) is 13.4. The number of piperidine rings is 1. The van der Waals surface area contributed by atoms with E-state index < -0.39 is 0 Å². The number of thiazole rings is 1. The minimum Gasteiger partial charge on any atom is -0.375 e. The average molecular weight is 354 g/mol. The van der Waals surface area contributed by atoms with Crippen LogP contribution >= 0.6 is 23.7 Å². The highest BCUT2D eigenvalue weighted by molar-refractivity contribution is 7.15. The highest BCUT2D eigenvalue weighted by atomic mass is 35.5. The summed E-state index contributed by atoms with van der Waals surface area (Å²) in [4.78, 5) is 12.2. The van der Waals surface area contributed by atoms with E-state index >= 15 is 0 Å². The van der Waals surface area contributed by atoms with Crippen LogP contribution in [0.4, 0.5) is 10.9 Å². The first-order valence-corrected chi connectivity index (χ1v) is 8.63. The molecule has 23 heavy (non-hydrogen) atoms. The lowest BCUT2D eigenvalue weighted by atomic mass is 9.99. The van der Waals surface area contributed by atoms with Crippen molar-refractivity contribution in [2.24, 2.45) is 5.92 Å². The summed E-state index contributed by atoms with van der Waals surface area (Å²) in [6, 6.07) is 4.30. The van der Waals surface area contributed by atoms with Gasteiger partial charge in [-0.05, 0) is 30.4 Å². The molecule has 0 saturated carbocycles. The van der Waals surface area contributed by atoms with Crippen LogP contribution in [0.25, 0.3) is 0 Å². The second kappa shape index (κ2) is 8.47. The van der Waals surface area contributed by atoms with Crippen molar-refractivity contribution < 1.29 is 0 Å². The fourth-order valence-electron chi connectivity index (χ4n) is 2.68. The third-order valence-electron chi connectivity index (χ3n) is 4.12. The van der Waals surface area contributed by atoms with E-state index in [2.05, 4.69) is 39.2 Å². The molecule has 3 rings (SSSR count). The lowest BCUT2D eigenvalue weighted by Crippen LogP contribution is -2.33. The maximum atomic E-state index is 5.62. The Hall–Kier alpha value is -1.37. The molecule has 5 nitrogen and oxygen atoms in total. The molecule has 0 atom stereocenters. The van der Waals surface area contributed by atoms with Gasteiger partial charge in [0.1, 0.15) is 5.82 Å². The minimum atomic E-state index is 0. The minimum absolute atomic E-state index is 0. The molecule has 0 unspecified atom stereocenters. The van der Waals surface area contributed by atoms with Crippen LogP contribution in [-0.4, -0.2) is 23.1 Å². The Kier molecular flexibility index (Phi) is 6.62. The Morgan fingerprint density at radius 3 is 2.61 bits per heavy atom. The van der Waals surface area contributed by atoms with Gasteiger partial charge in [0.15, 0.2) is 5.13 Å². The van der Waals surface area contributed by atoms with Crippen LogP contribution < -0.4 is 16.0 Å². The van der Waals surface area contributed by atoms with Crippen molar-refractivity contribution in [3.63, 3.8) is 0 Å². The van der Waals surface area contributed by atoms with Crippen LogP contribution in [-0.2, 0) is 13.1 Å². The summed E-state index contributed by atoms with van der Waals surface area (Å²) in [7, 11) is 0. The molecule has 0 bridgehead atoms. The summed E-state index contributed by atoms with van der Waals surface area (Å²) in [5.41, 5.74) is 6.82. The maximum absolute atomic E-state index is 5.62. The molecule has 0 aliphatic carbocycles. The standard InChI is InChI=1S/C16H23N5S.ClH/c1-12-4-6-21(7-5-12)15-3-2-13(9-19-15)8-18-10-14-11-20-16(17)22-14;/h2-3,9,11-12,18H,4-8,10H2,1H3,(H2,17,20);1H. The van der Waals surface area contributed by atoms with Gasteiger partial charge < -0.3 is 16.0 Å². The molecule has 1 saturated heterocycles. The number of anilines is 2. The zero-order valence-corrected chi connectivity index (χ0v) is 15.0. The highest BCUT2D eigenvalue weighted by Crippen LogP contribution is 2.21. The number of hydrogen-bond donors (Lipinski definition) is 2. The van der Waals surface area contributed by atoms with Crippen LogP contribution in [0.5, 0.6) is 0 Å². The zero-order chi connectivity index (χ0) is 15.4. The van der Waals surface area contributed by atoms with Crippen LogP contribution in [0.2, 0.25) is 0 Å². The molecule has 1 fully saturated rings. The summed E-state index contributed by atoms with van der Waals surface area (Å²) in [5, 5.41) is 4.02. The molecule has 2 aromatic heterocycles. The van der Waals surface area contributed by atoms with Gasteiger partial charge in [0.2, 0.25) is 0 Å². The summed E-state index contributed by atoms with van der Waals surface area (Å²) in [6.07, 6.45) is 6.33. The number of pyridine rings is 1. The Labute approximate surface area is 147 Å². The smallest absolute Gasteiger partial charge is 0.180 e. The van der Waals surface area contributed by atoms with E-state index in [9.17, 15) is 0 Å². The van der Waals surface area contributed by atoms with Crippen molar-refractivity contribution in [3.05, 3.63) is 35.0 Å². The number of nitrogens with zero attached hydrogens (tertiary/aromatic N) is 3. The Morgan fingerprint density at radius 1 is 1.22 bits per heavy atom. The molecule has 3 heterocycles. The monoisotopic (exact) mass is 353 g/mol. The number of nitrogens with one attached hydrogen (secondary N) is 1.